The van der Waals surface area contributed by atoms with Crippen LogP contribution in [0.4, 0.5) is 0 Å². The number of carbonyl (C=O) groups excluding carboxylic acids is 1. The minimum absolute atomic E-state index is 0.180. The predicted molar refractivity (Wildman–Crippen MR) is 98.0 cm³/mol. The predicted octanol–water partition coefficient (Wildman–Crippen LogP) is 2.56. The second-order valence-corrected chi connectivity index (χ2v) is 7.11. The third-order valence-corrected chi connectivity index (χ3v) is 5.29. The number of nitrogens with one attached hydrogen (secondary N) is 1. The molecule has 0 saturated carbocycles. The second kappa shape index (κ2) is 9.20. The molecule has 25 heavy (non-hydrogen) atoms. The van der Waals surface area contributed by atoms with Crippen molar-refractivity contribution in [2.45, 2.75) is 44.1 Å². The van der Waals surface area contributed by atoms with Crippen molar-refractivity contribution in [3.8, 4) is 5.75 Å². The molecular weight excluding hydrogens is 316 g/mol. The Bertz CT molecular complexity index is 556. The lowest BCUT2D eigenvalue weighted by molar-refractivity contribution is -0.122. The number of fused-ring (bicyclic) bond motifs is 1. The van der Waals surface area contributed by atoms with Crippen molar-refractivity contribution in [2.75, 3.05) is 40.0 Å². The molecule has 1 amide bonds. The molecule has 5 nitrogen and oxygen atoms in total. The third-order valence-electron chi connectivity index (χ3n) is 5.29. The zero-order valence-corrected chi connectivity index (χ0v) is 15.2. The molecule has 5 heteroatoms. The Morgan fingerprint density at radius 3 is 2.88 bits per heavy atom. The van der Waals surface area contributed by atoms with Crippen LogP contribution in [0.15, 0.2) is 24.3 Å². The van der Waals surface area contributed by atoms with Crippen LogP contribution in [0.2, 0.25) is 0 Å². The number of likely N-dealkylation sites (tertiary alicyclic amines) is 1. The fourth-order valence-electron chi connectivity index (χ4n) is 3.87. The zero-order valence-electron chi connectivity index (χ0n) is 15.2. The number of nitrogens with zero attached hydrogens (tertiary/aromatic N) is 1. The lowest BCUT2D eigenvalue weighted by Crippen LogP contribution is -2.45. The first-order chi connectivity index (χ1) is 12.3. The van der Waals surface area contributed by atoms with Gasteiger partial charge in [-0.05, 0) is 43.2 Å². The molecule has 1 aromatic carbocycles. The molecule has 0 unspecified atom stereocenters. The fourth-order valence-corrected chi connectivity index (χ4v) is 3.87. The summed E-state index contributed by atoms with van der Waals surface area (Å²) >= 11 is 0. The normalized spacial score (nSPS) is 21.4. The van der Waals surface area contributed by atoms with Crippen LogP contribution >= 0.6 is 0 Å². The summed E-state index contributed by atoms with van der Waals surface area (Å²) < 4.78 is 10.8. The monoisotopic (exact) mass is 346 g/mol. The van der Waals surface area contributed by atoms with Crippen molar-refractivity contribution in [2.24, 2.45) is 0 Å². The van der Waals surface area contributed by atoms with Crippen molar-refractivity contribution < 1.29 is 14.3 Å². The number of benzene rings is 1. The molecule has 1 saturated heterocycles. The van der Waals surface area contributed by atoms with Crippen molar-refractivity contribution in [1.29, 1.82) is 0 Å². The van der Waals surface area contributed by atoms with Crippen LogP contribution in [0.25, 0.3) is 0 Å². The van der Waals surface area contributed by atoms with Gasteiger partial charge < -0.3 is 19.7 Å². The summed E-state index contributed by atoms with van der Waals surface area (Å²) in [6.45, 7) is 4.74. The standard InChI is InChI=1S/C20H30N2O3/c1-24-13-4-10-22-11-7-17(8-12-22)21-20(23)15-16-9-14-25-19-6-3-2-5-18(16)19/h2-3,5-6,16-17H,4,7-15H2,1H3,(H,21,23)/t16-/m0/s1. The molecule has 0 radical (unpaired) electrons. The van der Waals surface area contributed by atoms with Gasteiger partial charge in [0.15, 0.2) is 0 Å². The number of piperidine rings is 1. The Morgan fingerprint density at radius 2 is 2.08 bits per heavy atom. The number of ether oxygens (including phenoxy) is 2. The molecule has 0 aliphatic carbocycles. The minimum Gasteiger partial charge on any atom is -0.493 e. The summed E-state index contributed by atoms with van der Waals surface area (Å²) in [5.41, 5.74) is 1.18. The van der Waals surface area contributed by atoms with Crippen LogP contribution in [0.1, 0.15) is 43.6 Å². The van der Waals surface area contributed by atoms with E-state index in [4.69, 9.17) is 9.47 Å². The maximum absolute atomic E-state index is 12.5. The van der Waals surface area contributed by atoms with Gasteiger partial charge in [-0.25, -0.2) is 0 Å². The number of carbonyl (C=O) groups is 1. The van der Waals surface area contributed by atoms with Crippen LogP contribution in [0, 0.1) is 0 Å². The maximum atomic E-state index is 12.5. The van der Waals surface area contributed by atoms with Gasteiger partial charge >= 0.3 is 0 Å². The van der Waals surface area contributed by atoms with E-state index in [0.29, 0.717) is 19.1 Å². The summed E-state index contributed by atoms with van der Waals surface area (Å²) in [7, 11) is 1.75. The van der Waals surface area contributed by atoms with Crippen LogP contribution in [0.5, 0.6) is 5.75 Å². The summed E-state index contributed by atoms with van der Waals surface area (Å²) in [5.74, 6) is 1.40. The van der Waals surface area contributed by atoms with Gasteiger partial charge in [0.05, 0.1) is 6.61 Å². The number of methoxy groups -OCH3 is 1. The van der Waals surface area contributed by atoms with Gasteiger partial charge in [-0.15, -0.1) is 0 Å². The average molecular weight is 346 g/mol. The van der Waals surface area contributed by atoms with E-state index in [0.717, 1.165) is 57.7 Å². The molecule has 1 aromatic rings. The topological polar surface area (TPSA) is 50.8 Å². The molecule has 2 aliphatic rings. The number of amides is 1. The molecule has 3 rings (SSSR count). The molecule has 138 valence electrons. The van der Waals surface area contributed by atoms with Crippen molar-refractivity contribution >= 4 is 5.91 Å². The number of para-hydroxylation sites is 1. The van der Waals surface area contributed by atoms with Gasteiger partial charge in [-0.3, -0.25) is 4.79 Å². The van der Waals surface area contributed by atoms with Crippen LogP contribution in [-0.2, 0) is 9.53 Å². The molecule has 0 spiro atoms. The average Bonchev–Trinajstić information content (AvgIpc) is 2.64. The number of hydrogen-bond donors (Lipinski definition) is 1. The van der Waals surface area contributed by atoms with Crippen LogP contribution in [-0.4, -0.2) is 56.8 Å². The van der Waals surface area contributed by atoms with E-state index in [1.165, 1.54) is 5.56 Å². The minimum atomic E-state index is 0.180. The molecule has 1 fully saturated rings. The van der Waals surface area contributed by atoms with E-state index in [2.05, 4.69) is 16.3 Å². The Balaban J connectivity index is 1.42. The molecule has 1 N–H and O–H groups in total. The zero-order chi connectivity index (χ0) is 17.5. The van der Waals surface area contributed by atoms with E-state index < -0.39 is 0 Å². The fraction of sp³-hybridized carbons (Fsp3) is 0.650. The quantitative estimate of drug-likeness (QED) is 0.771. The highest BCUT2D eigenvalue weighted by Gasteiger charge is 2.25. The molecule has 2 heterocycles. The maximum Gasteiger partial charge on any atom is 0.220 e. The van der Waals surface area contributed by atoms with Crippen LogP contribution < -0.4 is 10.1 Å². The lowest BCUT2D eigenvalue weighted by atomic mass is 9.90. The molecule has 0 aromatic heterocycles. The van der Waals surface area contributed by atoms with Crippen molar-refractivity contribution in [3.63, 3.8) is 0 Å². The molecular formula is C20H30N2O3. The third kappa shape index (κ3) is 5.19. The Hall–Kier alpha value is -1.59. The molecule has 2 aliphatic heterocycles. The van der Waals surface area contributed by atoms with Gasteiger partial charge in [0.25, 0.3) is 0 Å². The van der Waals surface area contributed by atoms with Gasteiger partial charge in [-0.2, -0.15) is 0 Å². The summed E-state index contributed by atoms with van der Waals surface area (Å²) in [6.07, 6.45) is 4.65. The summed E-state index contributed by atoms with van der Waals surface area (Å²) in [6, 6.07) is 8.42. The van der Waals surface area contributed by atoms with Crippen LogP contribution in [0.3, 0.4) is 0 Å². The number of hydrogen-bond acceptors (Lipinski definition) is 4. The van der Waals surface area contributed by atoms with Crippen molar-refractivity contribution in [1.82, 2.24) is 10.2 Å². The van der Waals surface area contributed by atoms with Gasteiger partial charge in [0, 0.05) is 45.8 Å². The van der Waals surface area contributed by atoms with E-state index >= 15 is 0 Å². The van der Waals surface area contributed by atoms with E-state index in [1.54, 1.807) is 7.11 Å². The SMILES string of the molecule is COCCCN1CCC(NC(=O)C[C@@H]2CCOc3ccccc32)CC1. The highest BCUT2D eigenvalue weighted by atomic mass is 16.5. The molecule has 0 bridgehead atoms. The van der Waals surface area contributed by atoms with Crippen molar-refractivity contribution in [3.05, 3.63) is 29.8 Å². The van der Waals surface area contributed by atoms with E-state index in [1.807, 2.05) is 18.2 Å². The van der Waals surface area contributed by atoms with E-state index in [-0.39, 0.29) is 11.8 Å². The first kappa shape index (κ1) is 18.2. The van der Waals surface area contributed by atoms with Gasteiger partial charge in [0.1, 0.15) is 5.75 Å². The molecule has 1 atom stereocenters. The second-order valence-electron chi connectivity index (χ2n) is 7.11. The Kier molecular flexibility index (Phi) is 6.70. The first-order valence-corrected chi connectivity index (χ1v) is 9.48. The Morgan fingerprint density at radius 1 is 1.28 bits per heavy atom. The smallest absolute Gasteiger partial charge is 0.220 e. The lowest BCUT2D eigenvalue weighted by Gasteiger charge is -2.33. The number of rotatable bonds is 7. The first-order valence-electron chi connectivity index (χ1n) is 9.48. The highest BCUT2D eigenvalue weighted by Crippen LogP contribution is 2.35. The largest absolute Gasteiger partial charge is 0.493 e. The summed E-state index contributed by atoms with van der Waals surface area (Å²) in [5, 5.41) is 3.25. The summed E-state index contributed by atoms with van der Waals surface area (Å²) in [4.78, 5) is 15.0. The van der Waals surface area contributed by atoms with E-state index in [9.17, 15) is 4.79 Å². The highest BCUT2D eigenvalue weighted by molar-refractivity contribution is 5.77. The Labute approximate surface area is 150 Å². The van der Waals surface area contributed by atoms with Gasteiger partial charge in [0.2, 0.25) is 5.91 Å². The van der Waals surface area contributed by atoms with Gasteiger partial charge in [-0.1, -0.05) is 18.2 Å².